The number of aromatic amines is 1. The van der Waals surface area contributed by atoms with Crippen LogP contribution in [0.15, 0.2) is 41.9 Å². The molecule has 8 nitrogen and oxygen atoms in total. The number of hydrogen-bond acceptors (Lipinski definition) is 7. The molecule has 2 N–H and O–H groups in total. The van der Waals surface area contributed by atoms with Gasteiger partial charge < -0.3 is 29.7 Å². The molecule has 3 aliphatic heterocycles. The van der Waals surface area contributed by atoms with E-state index < -0.39 is 7.80 Å². The lowest BCUT2D eigenvalue weighted by molar-refractivity contribution is 0.0358. The molecular formula is C33H47N5O3P+. The highest BCUT2D eigenvalue weighted by atomic mass is 31.1. The van der Waals surface area contributed by atoms with Crippen molar-refractivity contribution in [1.82, 2.24) is 9.88 Å². The lowest BCUT2D eigenvalue weighted by Gasteiger charge is -2.26. The molecule has 0 amide bonds. The summed E-state index contributed by atoms with van der Waals surface area (Å²) in [6.07, 6.45) is 3.58. The number of morpholine rings is 1. The van der Waals surface area contributed by atoms with Crippen molar-refractivity contribution < 1.29 is 14.0 Å². The Kier molecular flexibility index (Phi) is 11.6. The van der Waals surface area contributed by atoms with Gasteiger partial charge in [-0.05, 0) is 67.4 Å². The third-order valence-corrected chi connectivity index (χ3v) is 8.55. The third-order valence-electron chi connectivity index (χ3n) is 7.77. The lowest BCUT2D eigenvalue weighted by Crippen LogP contribution is -2.37. The Hall–Kier alpha value is -3.19. The fraction of sp³-hybridized carbons (Fsp3) is 0.485. The van der Waals surface area contributed by atoms with Gasteiger partial charge in [-0.3, -0.25) is 4.90 Å². The zero-order chi connectivity index (χ0) is 30.1. The molecule has 0 bridgehead atoms. The number of aliphatic imine (C=N–C) groups is 1. The zero-order valence-corrected chi connectivity index (χ0v) is 26.7. The first-order valence-corrected chi connectivity index (χ1v) is 17.0. The third kappa shape index (κ3) is 7.41. The number of nitrogens with one attached hydrogen (secondary N) is 2. The molecule has 226 valence electrons. The predicted molar refractivity (Wildman–Crippen MR) is 178 cm³/mol. The maximum absolute atomic E-state index is 12.1. The molecule has 1 saturated heterocycles. The van der Waals surface area contributed by atoms with E-state index in [-0.39, 0.29) is 0 Å². The first-order chi connectivity index (χ1) is 20.5. The van der Waals surface area contributed by atoms with Gasteiger partial charge in [0.2, 0.25) is 0 Å². The molecule has 6 rings (SSSR count). The van der Waals surface area contributed by atoms with Gasteiger partial charge in [0, 0.05) is 62.1 Å². The summed E-state index contributed by atoms with van der Waals surface area (Å²) in [7, 11) is 0.370. The van der Waals surface area contributed by atoms with Crippen molar-refractivity contribution >= 4 is 42.5 Å². The van der Waals surface area contributed by atoms with Crippen molar-refractivity contribution in [3.05, 3.63) is 59.3 Å². The molecule has 1 aromatic heterocycles. The van der Waals surface area contributed by atoms with Crippen LogP contribution in [0.1, 0.15) is 42.7 Å². The molecule has 0 aliphatic carbocycles. The molecule has 0 saturated carbocycles. The van der Waals surface area contributed by atoms with Crippen LogP contribution in [0.2, 0.25) is 0 Å². The van der Waals surface area contributed by atoms with E-state index in [1.54, 1.807) is 13.7 Å². The van der Waals surface area contributed by atoms with Gasteiger partial charge in [0.1, 0.15) is 12.4 Å². The Balaban J connectivity index is 0.000000763. The quantitative estimate of drug-likeness (QED) is 0.166. The van der Waals surface area contributed by atoms with E-state index >= 15 is 0 Å². The molecule has 0 radical (unpaired) electrons. The number of nitrogens with zero attached hydrogens (tertiary/aromatic N) is 3. The van der Waals surface area contributed by atoms with Crippen LogP contribution in [0.5, 0.6) is 5.75 Å². The van der Waals surface area contributed by atoms with Gasteiger partial charge in [0.15, 0.2) is 6.16 Å². The Morgan fingerprint density at radius 2 is 1.90 bits per heavy atom. The second-order valence-electron chi connectivity index (χ2n) is 10.6. The molecule has 2 aromatic carbocycles. The van der Waals surface area contributed by atoms with Crippen molar-refractivity contribution in [2.24, 2.45) is 4.99 Å². The number of rotatable bonds is 9. The van der Waals surface area contributed by atoms with Gasteiger partial charge in [0.25, 0.3) is 0 Å². The van der Waals surface area contributed by atoms with Crippen LogP contribution < -0.4 is 15.0 Å². The molecule has 3 aromatic rings. The summed E-state index contributed by atoms with van der Waals surface area (Å²) in [6, 6.07) is 10.9. The van der Waals surface area contributed by atoms with Crippen molar-refractivity contribution in [2.75, 3.05) is 76.5 Å². The molecular weight excluding hydrogens is 545 g/mol. The average Bonchev–Trinajstić information content (AvgIpc) is 3.75. The van der Waals surface area contributed by atoms with Gasteiger partial charge >= 0.3 is 7.80 Å². The number of hydrogen-bond donors (Lipinski definition) is 2. The fourth-order valence-corrected chi connectivity index (χ4v) is 6.62. The summed E-state index contributed by atoms with van der Waals surface area (Å²) in [4.78, 5) is 11.6. The van der Waals surface area contributed by atoms with Gasteiger partial charge in [-0.2, -0.15) is 0 Å². The van der Waals surface area contributed by atoms with Gasteiger partial charge in [-0.15, -0.1) is 0 Å². The largest absolute Gasteiger partial charge is 0.494 e. The number of ether oxygens (including phenoxy) is 2. The molecule has 0 spiro atoms. The molecule has 4 heterocycles. The van der Waals surface area contributed by atoms with E-state index in [1.165, 1.54) is 27.9 Å². The maximum atomic E-state index is 12.1. The standard InChI is InChI=1S/C29H36N4O3P.C2H5N.C2H6/c1-20(26-18-25-24-6-8-30-27(24)17-22(19-37(2)34)29(25)31-26)33-10-7-21-16-23(4-5-28(21)33)36-13-3-9-32-11-14-35-15-12-32;1-3-2;1-2/h4-5,16-18,30-31H,1,3,6-15,19H2,2H3;1H2,2H3;1-2H3/q+1;;. The fourth-order valence-electron chi connectivity index (χ4n) is 5.89. The zero-order valence-electron chi connectivity index (χ0n) is 25.8. The molecule has 9 heteroatoms. The van der Waals surface area contributed by atoms with Crippen LogP contribution in [0, 0.1) is 0 Å². The smallest absolute Gasteiger partial charge is 0.340 e. The lowest BCUT2D eigenvalue weighted by atomic mass is 10.0. The Bertz CT molecular complexity index is 1400. The predicted octanol–water partition coefficient (Wildman–Crippen LogP) is 6.57. The molecule has 1 unspecified atom stereocenters. The topological polar surface area (TPSA) is 82.2 Å². The molecule has 1 fully saturated rings. The Morgan fingerprint density at radius 1 is 1.14 bits per heavy atom. The summed E-state index contributed by atoms with van der Waals surface area (Å²) in [5.41, 5.74) is 9.24. The summed E-state index contributed by atoms with van der Waals surface area (Å²) >= 11 is 0. The molecule has 3 aliphatic rings. The monoisotopic (exact) mass is 592 g/mol. The van der Waals surface area contributed by atoms with E-state index in [0.717, 1.165) is 100 Å². The maximum Gasteiger partial charge on any atom is 0.340 e. The highest BCUT2D eigenvalue weighted by molar-refractivity contribution is 7.42. The van der Waals surface area contributed by atoms with Crippen LogP contribution >= 0.6 is 7.80 Å². The summed E-state index contributed by atoms with van der Waals surface area (Å²) in [5.74, 6) is 0.945. The number of fused-ring (bicyclic) bond motifs is 4. The SMILES string of the molecule is C=C(c1cc2c3c(cc(C[P+](C)=O)c2[nH]1)NCC3)N1CCc2cc(OCCCN3CCOCC3)ccc21.C=NC.CC. The second kappa shape index (κ2) is 15.3. The number of benzene rings is 2. The van der Waals surface area contributed by atoms with E-state index in [9.17, 15) is 4.57 Å². The minimum absolute atomic E-state index is 0.578. The Morgan fingerprint density at radius 3 is 2.64 bits per heavy atom. The highest BCUT2D eigenvalue weighted by Crippen LogP contribution is 2.40. The van der Waals surface area contributed by atoms with Crippen LogP contribution in [-0.2, 0) is 28.3 Å². The van der Waals surface area contributed by atoms with Gasteiger partial charge in [0.05, 0.1) is 36.7 Å². The number of H-pyrrole nitrogens is 1. The highest BCUT2D eigenvalue weighted by Gasteiger charge is 2.26. The summed E-state index contributed by atoms with van der Waals surface area (Å²) < 4.78 is 23.6. The second-order valence-corrected chi connectivity index (χ2v) is 12.2. The van der Waals surface area contributed by atoms with E-state index in [2.05, 4.69) is 68.7 Å². The average molecular weight is 593 g/mol. The molecule has 42 heavy (non-hydrogen) atoms. The van der Waals surface area contributed by atoms with Gasteiger partial charge in [-0.25, -0.2) is 0 Å². The Labute approximate surface area is 252 Å². The van der Waals surface area contributed by atoms with E-state index in [4.69, 9.17) is 9.47 Å². The van der Waals surface area contributed by atoms with Crippen molar-refractivity contribution in [3.63, 3.8) is 0 Å². The van der Waals surface area contributed by atoms with Crippen LogP contribution in [0.25, 0.3) is 16.6 Å². The van der Waals surface area contributed by atoms with Crippen LogP contribution in [0.4, 0.5) is 11.4 Å². The van der Waals surface area contributed by atoms with Crippen LogP contribution in [-0.4, -0.2) is 82.9 Å². The van der Waals surface area contributed by atoms with E-state index in [1.807, 2.05) is 13.8 Å². The summed E-state index contributed by atoms with van der Waals surface area (Å²) in [6.45, 7) is 20.8. The minimum atomic E-state index is -1.27. The number of anilines is 2. The summed E-state index contributed by atoms with van der Waals surface area (Å²) in [5, 5.41) is 4.72. The minimum Gasteiger partial charge on any atom is -0.494 e. The van der Waals surface area contributed by atoms with Crippen molar-refractivity contribution in [3.8, 4) is 5.75 Å². The van der Waals surface area contributed by atoms with Crippen LogP contribution in [0.3, 0.4) is 0 Å². The van der Waals surface area contributed by atoms with E-state index in [0.29, 0.717) is 6.16 Å². The van der Waals surface area contributed by atoms with Gasteiger partial charge in [-0.1, -0.05) is 25.0 Å². The van der Waals surface area contributed by atoms with Crippen molar-refractivity contribution in [2.45, 2.75) is 39.3 Å². The first-order valence-electron chi connectivity index (χ1n) is 15.2. The van der Waals surface area contributed by atoms with Crippen molar-refractivity contribution in [1.29, 1.82) is 0 Å². The first kappa shape index (κ1) is 31.7. The molecule has 1 atom stereocenters. The normalized spacial score (nSPS) is 15.9. The number of aromatic nitrogens is 1.